The number of aromatic nitrogens is 2. The van der Waals surface area contributed by atoms with E-state index in [0.29, 0.717) is 18.2 Å². The Hall–Kier alpha value is -2.88. The Morgan fingerprint density at radius 3 is 2.30 bits per heavy atom. The molecule has 1 amide bonds. The van der Waals surface area contributed by atoms with Gasteiger partial charge in [0.15, 0.2) is 5.69 Å². The summed E-state index contributed by atoms with van der Waals surface area (Å²) in [7, 11) is 1.89. The number of aryl methyl sites for hydroxylation is 3. The average Bonchev–Trinajstić information content (AvgIpc) is 3.12. The molecule has 1 aliphatic rings. The molecule has 4 heteroatoms. The zero-order valence-electron chi connectivity index (χ0n) is 18.2. The Morgan fingerprint density at radius 2 is 1.67 bits per heavy atom. The molecule has 1 heterocycles. The third-order valence-electron chi connectivity index (χ3n) is 6.60. The van der Waals surface area contributed by atoms with Gasteiger partial charge in [-0.25, -0.2) is 0 Å². The molecule has 156 valence electrons. The molecule has 0 aliphatic heterocycles. The van der Waals surface area contributed by atoms with E-state index in [1.807, 2.05) is 20.0 Å². The molecule has 3 aromatic rings. The minimum absolute atomic E-state index is 0.0464. The Balaban J connectivity index is 1.56. The summed E-state index contributed by atoms with van der Waals surface area (Å²) in [6.07, 6.45) is 4.30. The summed E-state index contributed by atoms with van der Waals surface area (Å²) in [6, 6.07) is 21.3. The Bertz CT molecular complexity index is 981. The first-order valence-electron chi connectivity index (χ1n) is 10.9. The second-order valence-electron chi connectivity index (χ2n) is 8.57. The van der Waals surface area contributed by atoms with E-state index in [2.05, 4.69) is 71.5 Å². The van der Waals surface area contributed by atoms with Crippen molar-refractivity contribution in [2.24, 2.45) is 7.05 Å². The molecule has 0 N–H and O–H groups in total. The van der Waals surface area contributed by atoms with Gasteiger partial charge >= 0.3 is 0 Å². The lowest BCUT2D eigenvalue weighted by molar-refractivity contribution is 0.0598. The first-order valence-corrected chi connectivity index (χ1v) is 10.9. The van der Waals surface area contributed by atoms with Crippen LogP contribution in [0.2, 0.25) is 0 Å². The summed E-state index contributed by atoms with van der Waals surface area (Å²) in [5.74, 6) is 0.639. The van der Waals surface area contributed by atoms with Gasteiger partial charge in [-0.2, -0.15) is 5.10 Å². The molecule has 2 aromatic carbocycles. The standard InChI is InChI=1S/C26H31N3O/c1-19-9-7-8-12-23(19)18-29(26(30)25-17-20(2)28(3)27-25)24-15-13-22(14-16-24)21-10-5-4-6-11-21/h4-12,17,22,24H,13-16,18H2,1-3H3. The van der Waals surface area contributed by atoms with Crippen molar-refractivity contribution in [3.05, 3.63) is 88.7 Å². The number of carbonyl (C=O) groups excluding carboxylic acids is 1. The molecule has 1 aliphatic carbocycles. The van der Waals surface area contributed by atoms with Crippen LogP contribution in [0.5, 0.6) is 0 Å². The van der Waals surface area contributed by atoms with Crippen LogP contribution in [-0.2, 0) is 13.6 Å². The van der Waals surface area contributed by atoms with E-state index in [4.69, 9.17) is 0 Å². The fourth-order valence-corrected chi connectivity index (χ4v) is 4.60. The van der Waals surface area contributed by atoms with E-state index in [1.54, 1.807) is 4.68 Å². The topological polar surface area (TPSA) is 38.1 Å². The minimum Gasteiger partial charge on any atom is -0.330 e. The lowest BCUT2D eigenvalue weighted by atomic mass is 9.81. The maximum absolute atomic E-state index is 13.5. The SMILES string of the molecule is Cc1ccccc1CN(C(=O)c1cc(C)n(C)n1)C1CCC(c2ccccc2)CC1. The lowest BCUT2D eigenvalue weighted by Crippen LogP contribution is -2.42. The number of carbonyl (C=O) groups is 1. The lowest BCUT2D eigenvalue weighted by Gasteiger charge is -2.37. The molecular formula is C26H31N3O. The van der Waals surface area contributed by atoms with Gasteiger partial charge in [0.05, 0.1) is 0 Å². The number of hydrogen-bond acceptors (Lipinski definition) is 2. The van der Waals surface area contributed by atoms with E-state index in [1.165, 1.54) is 16.7 Å². The van der Waals surface area contributed by atoms with Crippen LogP contribution >= 0.6 is 0 Å². The van der Waals surface area contributed by atoms with Crippen LogP contribution in [0.3, 0.4) is 0 Å². The smallest absolute Gasteiger partial charge is 0.274 e. The molecule has 1 fully saturated rings. The number of nitrogens with zero attached hydrogens (tertiary/aromatic N) is 3. The normalized spacial score (nSPS) is 18.9. The average molecular weight is 402 g/mol. The van der Waals surface area contributed by atoms with E-state index >= 15 is 0 Å². The summed E-state index contributed by atoms with van der Waals surface area (Å²) >= 11 is 0. The van der Waals surface area contributed by atoms with Crippen molar-refractivity contribution in [2.45, 2.75) is 58.0 Å². The molecule has 4 rings (SSSR count). The molecule has 1 saturated carbocycles. The van der Waals surface area contributed by atoms with Crippen molar-refractivity contribution in [1.82, 2.24) is 14.7 Å². The van der Waals surface area contributed by atoms with Gasteiger partial charge in [0.25, 0.3) is 5.91 Å². The molecule has 0 spiro atoms. The first kappa shape index (κ1) is 20.4. The summed E-state index contributed by atoms with van der Waals surface area (Å²) in [4.78, 5) is 15.6. The zero-order chi connectivity index (χ0) is 21.1. The van der Waals surface area contributed by atoms with Crippen molar-refractivity contribution >= 4 is 5.91 Å². The molecule has 0 radical (unpaired) electrons. The van der Waals surface area contributed by atoms with Gasteiger partial charge in [-0.05, 0) is 68.2 Å². The summed E-state index contributed by atoms with van der Waals surface area (Å²) in [6.45, 7) is 4.75. The number of hydrogen-bond donors (Lipinski definition) is 0. The Kier molecular flexibility index (Phi) is 6.03. The zero-order valence-corrected chi connectivity index (χ0v) is 18.2. The van der Waals surface area contributed by atoms with E-state index < -0.39 is 0 Å². The minimum atomic E-state index is 0.0464. The maximum atomic E-state index is 13.5. The van der Waals surface area contributed by atoms with Gasteiger partial charge < -0.3 is 4.90 Å². The predicted octanol–water partition coefficient (Wildman–Crippen LogP) is 5.41. The Labute approximate surface area is 179 Å². The summed E-state index contributed by atoms with van der Waals surface area (Å²) < 4.78 is 1.78. The second kappa shape index (κ2) is 8.86. The molecule has 4 nitrogen and oxygen atoms in total. The van der Waals surface area contributed by atoms with Crippen molar-refractivity contribution in [2.75, 3.05) is 0 Å². The predicted molar refractivity (Wildman–Crippen MR) is 120 cm³/mol. The molecule has 1 aromatic heterocycles. The summed E-state index contributed by atoms with van der Waals surface area (Å²) in [5, 5.41) is 4.48. The molecule has 0 bridgehead atoms. The van der Waals surface area contributed by atoms with Gasteiger partial charge in [0.1, 0.15) is 0 Å². The fourth-order valence-electron chi connectivity index (χ4n) is 4.60. The van der Waals surface area contributed by atoms with Gasteiger partial charge in [-0.1, -0.05) is 54.6 Å². The van der Waals surface area contributed by atoms with Crippen molar-refractivity contribution in [3.63, 3.8) is 0 Å². The largest absolute Gasteiger partial charge is 0.330 e. The monoisotopic (exact) mass is 401 g/mol. The van der Waals surface area contributed by atoms with Crippen LogP contribution in [-0.4, -0.2) is 26.6 Å². The van der Waals surface area contributed by atoms with Crippen molar-refractivity contribution < 1.29 is 4.79 Å². The quantitative estimate of drug-likeness (QED) is 0.574. The number of amides is 1. The highest BCUT2D eigenvalue weighted by Gasteiger charge is 2.31. The second-order valence-corrected chi connectivity index (χ2v) is 8.57. The highest BCUT2D eigenvalue weighted by atomic mass is 16.2. The van der Waals surface area contributed by atoms with Crippen LogP contribution in [0.15, 0.2) is 60.7 Å². The van der Waals surface area contributed by atoms with E-state index in [9.17, 15) is 4.79 Å². The fraction of sp³-hybridized carbons (Fsp3) is 0.385. The van der Waals surface area contributed by atoms with Crippen LogP contribution in [0.25, 0.3) is 0 Å². The van der Waals surface area contributed by atoms with Crippen molar-refractivity contribution in [1.29, 1.82) is 0 Å². The van der Waals surface area contributed by atoms with Crippen LogP contribution < -0.4 is 0 Å². The van der Waals surface area contributed by atoms with Gasteiger partial charge in [0.2, 0.25) is 0 Å². The first-order chi connectivity index (χ1) is 14.5. The maximum Gasteiger partial charge on any atom is 0.274 e. The molecular weight excluding hydrogens is 370 g/mol. The molecule has 30 heavy (non-hydrogen) atoms. The Morgan fingerprint density at radius 1 is 1.00 bits per heavy atom. The van der Waals surface area contributed by atoms with Gasteiger partial charge in [-0.15, -0.1) is 0 Å². The van der Waals surface area contributed by atoms with Crippen LogP contribution in [0.1, 0.15) is 64.5 Å². The van der Waals surface area contributed by atoms with E-state index in [-0.39, 0.29) is 11.9 Å². The molecule has 0 atom stereocenters. The number of benzene rings is 2. The molecule has 0 unspecified atom stereocenters. The van der Waals surface area contributed by atoms with Crippen LogP contribution in [0.4, 0.5) is 0 Å². The van der Waals surface area contributed by atoms with Crippen molar-refractivity contribution in [3.8, 4) is 0 Å². The third-order valence-corrected chi connectivity index (χ3v) is 6.60. The number of rotatable bonds is 5. The summed E-state index contributed by atoms with van der Waals surface area (Å²) in [5.41, 5.74) is 5.41. The molecule has 0 saturated heterocycles. The van der Waals surface area contributed by atoms with Gasteiger partial charge in [0, 0.05) is 25.3 Å². The van der Waals surface area contributed by atoms with Gasteiger partial charge in [-0.3, -0.25) is 9.48 Å². The third kappa shape index (κ3) is 4.33. The van der Waals surface area contributed by atoms with E-state index in [0.717, 1.165) is 31.4 Å². The highest BCUT2D eigenvalue weighted by Crippen LogP contribution is 2.35. The highest BCUT2D eigenvalue weighted by molar-refractivity contribution is 5.92. The van der Waals surface area contributed by atoms with Crippen LogP contribution in [0, 0.1) is 13.8 Å².